The number of methoxy groups -OCH3 is 2. The average molecular weight is 218 g/mol. The topological polar surface area (TPSA) is 56.5 Å². The van der Waals surface area contributed by atoms with Crippen LogP contribution < -0.4 is 11.1 Å². The highest BCUT2D eigenvalue weighted by atomic mass is 16.5. The molecule has 0 aromatic carbocycles. The molecular weight excluding hydrogens is 192 g/mol. The van der Waals surface area contributed by atoms with Crippen LogP contribution in [0.25, 0.3) is 0 Å². The molecule has 0 heterocycles. The summed E-state index contributed by atoms with van der Waals surface area (Å²) in [6, 6.07) is 0.325. The molecule has 4 heteroatoms. The highest BCUT2D eigenvalue weighted by Crippen LogP contribution is 1.97. The summed E-state index contributed by atoms with van der Waals surface area (Å²) in [5.74, 6) is 0. The van der Waals surface area contributed by atoms with Gasteiger partial charge < -0.3 is 20.5 Å². The van der Waals surface area contributed by atoms with Crippen LogP contribution in [0.4, 0.5) is 0 Å². The Kier molecular flexibility index (Phi) is 10.3. The van der Waals surface area contributed by atoms with E-state index in [0.29, 0.717) is 12.6 Å². The van der Waals surface area contributed by atoms with E-state index in [-0.39, 0.29) is 6.10 Å². The number of hydrogen-bond acceptors (Lipinski definition) is 4. The fourth-order valence-electron chi connectivity index (χ4n) is 1.46. The summed E-state index contributed by atoms with van der Waals surface area (Å²) < 4.78 is 10.2. The largest absolute Gasteiger partial charge is 0.382 e. The zero-order chi connectivity index (χ0) is 11.5. The van der Waals surface area contributed by atoms with Crippen molar-refractivity contribution in [3.63, 3.8) is 0 Å². The van der Waals surface area contributed by atoms with E-state index in [0.717, 1.165) is 32.4 Å². The number of ether oxygens (including phenoxy) is 2. The molecule has 0 bridgehead atoms. The van der Waals surface area contributed by atoms with Crippen molar-refractivity contribution >= 4 is 0 Å². The van der Waals surface area contributed by atoms with Crippen LogP contribution >= 0.6 is 0 Å². The van der Waals surface area contributed by atoms with E-state index in [1.54, 1.807) is 14.2 Å². The molecule has 0 amide bonds. The van der Waals surface area contributed by atoms with Gasteiger partial charge in [-0.25, -0.2) is 0 Å². The van der Waals surface area contributed by atoms with E-state index >= 15 is 0 Å². The fraction of sp³-hybridized carbons (Fsp3) is 1.00. The lowest BCUT2D eigenvalue weighted by molar-refractivity contribution is 0.0290. The molecule has 15 heavy (non-hydrogen) atoms. The quantitative estimate of drug-likeness (QED) is 0.531. The van der Waals surface area contributed by atoms with Gasteiger partial charge in [0.05, 0.1) is 12.7 Å². The van der Waals surface area contributed by atoms with Crippen LogP contribution in [0.3, 0.4) is 0 Å². The third-order valence-corrected chi connectivity index (χ3v) is 2.41. The second kappa shape index (κ2) is 10.4. The predicted octanol–water partition coefficient (Wildman–Crippen LogP) is 0.755. The number of hydrogen-bond donors (Lipinski definition) is 2. The van der Waals surface area contributed by atoms with Crippen molar-refractivity contribution in [1.82, 2.24) is 5.32 Å². The molecule has 4 nitrogen and oxygen atoms in total. The third kappa shape index (κ3) is 8.81. The summed E-state index contributed by atoms with van der Waals surface area (Å²) in [5.41, 5.74) is 5.90. The van der Waals surface area contributed by atoms with Crippen LogP contribution in [0, 0.1) is 0 Å². The molecule has 92 valence electrons. The summed E-state index contributed by atoms with van der Waals surface area (Å²) in [5, 5.41) is 3.33. The third-order valence-electron chi connectivity index (χ3n) is 2.41. The van der Waals surface area contributed by atoms with E-state index in [1.807, 2.05) is 0 Å². The maximum atomic E-state index is 5.90. The lowest BCUT2D eigenvalue weighted by Gasteiger charge is -2.16. The van der Waals surface area contributed by atoms with Gasteiger partial charge in [0.1, 0.15) is 0 Å². The van der Waals surface area contributed by atoms with Crippen LogP contribution in [0.2, 0.25) is 0 Å². The maximum absolute atomic E-state index is 5.90. The number of rotatable bonds is 10. The Morgan fingerprint density at radius 3 is 2.53 bits per heavy atom. The highest BCUT2D eigenvalue weighted by Gasteiger charge is 2.06. The molecule has 3 N–H and O–H groups in total. The molecule has 0 aromatic rings. The SMILES string of the molecule is CCCC(N)CCNCC(COC)OC. The monoisotopic (exact) mass is 218 g/mol. The Morgan fingerprint density at radius 1 is 1.27 bits per heavy atom. The molecule has 0 fully saturated rings. The average Bonchev–Trinajstić information content (AvgIpc) is 2.23. The van der Waals surface area contributed by atoms with E-state index in [4.69, 9.17) is 15.2 Å². The van der Waals surface area contributed by atoms with Gasteiger partial charge in [0.2, 0.25) is 0 Å². The Morgan fingerprint density at radius 2 is 2.00 bits per heavy atom. The van der Waals surface area contributed by atoms with Gasteiger partial charge in [-0.3, -0.25) is 0 Å². The molecule has 0 spiro atoms. The van der Waals surface area contributed by atoms with Crippen LogP contribution in [0.15, 0.2) is 0 Å². The van der Waals surface area contributed by atoms with Crippen molar-refractivity contribution in [3.8, 4) is 0 Å². The molecule has 0 aliphatic carbocycles. The van der Waals surface area contributed by atoms with Crippen molar-refractivity contribution in [1.29, 1.82) is 0 Å². The summed E-state index contributed by atoms with van der Waals surface area (Å²) in [6.07, 6.45) is 3.42. The Hall–Kier alpha value is -0.160. The van der Waals surface area contributed by atoms with Gasteiger partial charge in [-0.2, -0.15) is 0 Å². The molecule has 0 aliphatic rings. The van der Waals surface area contributed by atoms with Gasteiger partial charge in [-0.15, -0.1) is 0 Å². The first-order valence-electron chi connectivity index (χ1n) is 5.72. The Labute approximate surface area is 93.5 Å². The number of nitrogens with two attached hydrogens (primary N) is 1. The van der Waals surface area contributed by atoms with E-state index in [1.165, 1.54) is 0 Å². The first-order valence-corrected chi connectivity index (χ1v) is 5.72. The molecular formula is C11H26N2O2. The van der Waals surface area contributed by atoms with Crippen molar-refractivity contribution in [3.05, 3.63) is 0 Å². The standard InChI is InChI=1S/C11H26N2O2/c1-4-5-10(12)6-7-13-8-11(15-3)9-14-2/h10-11,13H,4-9,12H2,1-3H3. The Balaban J connectivity index is 3.35. The van der Waals surface area contributed by atoms with Gasteiger partial charge in [-0.1, -0.05) is 13.3 Å². The molecule has 0 rings (SSSR count). The normalized spacial score (nSPS) is 15.2. The number of nitrogens with one attached hydrogen (secondary N) is 1. The van der Waals surface area contributed by atoms with Gasteiger partial charge in [0.25, 0.3) is 0 Å². The second-order valence-electron chi connectivity index (χ2n) is 3.85. The summed E-state index contributed by atoms with van der Waals surface area (Å²) in [7, 11) is 3.39. The molecule has 0 saturated heterocycles. The highest BCUT2D eigenvalue weighted by molar-refractivity contribution is 4.65. The fourth-order valence-corrected chi connectivity index (χ4v) is 1.46. The first-order chi connectivity index (χ1) is 7.24. The maximum Gasteiger partial charge on any atom is 0.0928 e. The molecule has 0 saturated carbocycles. The van der Waals surface area contributed by atoms with Crippen molar-refractivity contribution < 1.29 is 9.47 Å². The first kappa shape index (κ1) is 14.8. The van der Waals surface area contributed by atoms with E-state index in [9.17, 15) is 0 Å². The van der Waals surface area contributed by atoms with E-state index in [2.05, 4.69) is 12.2 Å². The molecule has 0 aliphatic heterocycles. The smallest absolute Gasteiger partial charge is 0.0928 e. The van der Waals surface area contributed by atoms with Crippen LogP contribution in [0.5, 0.6) is 0 Å². The predicted molar refractivity (Wildman–Crippen MR) is 63.0 cm³/mol. The lowest BCUT2D eigenvalue weighted by Crippen LogP contribution is -2.34. The Bertz CT molecular complexity index is 134. The van der Waals surface area contributed by atoms with Gasteiger partial charge in [0, 0.05) is 26.8 Å². The van der Waals surface area contributed by atoms with Crippen LogP contribution in [-0.2, 0) is 9.47 Å². The lowest BCUT2D eigenvalue weighted by atomic mass is 10.1. The van der Waals surface area contributed by atoms with Crippen molar-refractivity contribution in [2.45, 2.75) is 38.3 Å². The minimum absolute atomic E-state index is 0.136. The zero-order valence-corrected chi connectivity index (χ0v) is 10.3. The van der Waals surface area contributed by atoms with Crippen LogP contribution in [0.1, 0.15) is 26.2 Å². The van der Waals surface area contributed by atoms with Crippen LogP contribution in [-0.4, -0.2) is 46.1 Å². The minimum Gasteiger partial charge on any atom is -0.382 e. The molecule has 0 aromatic heterocycles. The van der Waals surface area contributed by atoms with E-state index < -0.39 is 0 Å². The minimum atomic E-state index is 0.136. The second-order valence-corrected chi connectivity index (χ2v) is 3.85. The van der Waals surface area contributed by atoms with Gasteiger partial charge >= 0.3 is 0 Å². The summed E-state index contributed by atoms with van der Waals surface area (Å²) in [6.45, 7) is 4.56. The van der Waals surface area contributed by atoms with Crippen molar-refractivity contribution in [2.75, 3.05) is 33.9 Å². The summed E-state index contributed by atoms with van der Waals surface area (Å²) in [4.78, 5) is 0. The van der Waals surface area contributed by atoms with Crippen molar-refractivity contribution in [2.24, 2.45) is 5.73 Å². The summed E-state index contributed by atoms with van der Waals surface area (Å²) >= 11 is 0. The van der Waals surface area contributed by atoms with Gasteiger partial charge in [0.15, 0.2) is 0 Å². The molecule has 2 atom stereocenters. The molecule has 2 unspecified atom stereocenters. The van der Waals surface area contributed by atoms with Gasteiger partial charge in [-0.05, 0) is 19.4 Å². The zero-order valence-electron chi connectivity index (χ0n) is 10.3. The molecule has 0 radical (unpaired) electrons.